The Hall–Kier alpha value is -1.80. The van der Waals surface area contributed by atoms with E-state index < -0.39 is 12.0 Å². The molecule has 0 spiro atoms. The molecule has 2 heterocycles. The first-order valence-corrected chi connectivity index (χ1v) is 9.81. The third-order valence-electron chi connectivity index (χ3n) is 4.41. The van der Waals surface area contributed by atoms with Crippen LogP contribution < -0.4 is 4.74 Å². The summed E-state index contributed by atoms with van der Waals surface area (Å²) in [6.45, 7) is 3.73. The Morgan fingerprint density at radius 1 is 1.38 bits per heavy atom. The molecule has 138 valence electrons. The Balaban J connectivity index is 2.24. The third-order valence-corrected chi connectivity index (χ3v) is 6.23. The number of fused-ring (bicyclic) bond motifs is 1. The lowest BCUT2D eigenvalue weighted by Crippen LogP contribution is -2.40. The zero-order valence-corrected chi connectivity index (χ0v) is 17.3. The number of benzene rings is 1. The molecule has 2 aliphatic heterocycles. The zero-order valence-electron chi connectivity index (χ0n) is 14.9. The normalized spacial score (nSPS) is 22.3. The van der Waals surface area contributed by atoms with E-state index in [-0.39, 0.29) is 11.2 Å². The van der Waals surface area contributed by atoms with Gasteiger partial charge in [-0.25, -0.2) is 9.79 Å². The predicted molar refractivity (Wildman–Crippen MR) is 104 cm³/mol. The minimum absolute atomic E-state index is 0.0582. The number of thioether (sulfide) groups is 1. The van der Waals surface area contributed by atoms with Crippen LogP contribution in [0.25, 0.3) is 0 Å². The van der Waals surface area contributed by atoms with Gasteiger partial charge in [-0.15, -0.1) is 0 Å². The van der Waals surface area contributed by atoms with Crippen molar-refractivity contribution in [2.24, 2.45) is 4.99 Å². The van der Waals surface area contributed by atoms with Gasteiger partial charge in [-0.3, -0.25) is 9.69 Å². The number of aliphatic imine (C=N–C) groups is 1. The van der Waals surface area contributed by atoms with Crippen LogP contribution in [0.15, 0.2) is 38.9 Å². The van der Waals surface area contributed by atoms with Gasteiger partial charge in [-0.2, -0.15) is 0 Å². The summed E-state index contributed by atoms with van der Waals surface area (Å²) < 4.78 is 11.3. The number of ether oxygens (including phenoxy) is 2. The van der Waals surface area contributed by atoms with E-state index in [2.05, 4.69) is 20.9 Å². The molecule has 3 rings (SSSR count). The standard InChI is InChI=1S/C18H19BrN2O4S/c1-5-13-16(22)21-15(11-8-10(19)6-7-12(11)24-3)14(17(23)25-4)9(2)20-18(21)26-13/h6-8,13,15H,5H2,1-4H3. The largest absolute Gasteiger partial charge is 0.496 e. The summed E-state index contributed by atoms with van der Waals surface area (Å²) in [5, 5.41) is 0.401. The van der Waals surface area contributed by atoms with Gasteiger partial charge in [0.1, 0.15) is 11.8 Å². The highest BCUT2D eigenvalue weighted by Gasteiger charge is 2.47. The second kappa shape index (κ2) is 7.44. The Labute approximate surface area is 164 Å². The summed E-state index contributed by atoms with van der Waals surface area (Å²) in [6, 6.07) is 4.88. The molecular weight excluding hydrogens is 420 g/mol. The van der Waals surface area contributed by atoms with E-state index >= 15 is 0 Å². The van der Waals surface area contributed by atoms with Gasteiger partial charge >= 0.3 is 5.97 Å². The Morgan fingerprint density at radius 2 is 2.12 bits per heavy atom. The van der Waals surface area contributed by atoms with Crippen molar-refractivity contribution in [1.82, 2.24) is 4.90 Å². The number of methoxy groups -OCH3 is 2. The highest BCUT2D eigenvalue weighted by Crippen LogP contribution is 2.46. The lowest BCUT2D eigenvalue weighted by Gasteiger charge is -2.33. The zero-order chi connectivity index (χ0) is 19.0. The van der Waals surface area contributed by atoms with Crippen LogP contribution in [0, 0.1) is 0 Å². The maximum atomic E-state index is 13.0. The third kappa shape index (κ3) is 3.05. The van der Waals surface area contributed by atoms with Gasteiger partial charge in [-0.1, -0.05) is 34.6 Å². The summed E-state index contributed by atoms with van der Waals surface area (Å²) in [6.07, 6.45) is 0.688. The lowest BCUT2D eigenvalue weighted by atomic mass is 9.93. The van der Waals surface area contributed by atoms with E-state index in [9.17, 15) is 9.59 Å². The van der Waals surface area contributed by atoms with Gasteiger partial charge in [-0.05, 0) is 31.5 Å². The molecular formula is C18H19BrN2O4S. The quantitative estimate of drug-likeness (QED) is 0.670. The molecule has 1 aromatic carbocycles. The summed E-state index contributed by atoms with van der Waals surface area (Å²) >= 11 is 4.90. The molecule has 26 heavy (non-hydrogen) atoms. The average Bonchev–Trinajstić information content (AvgIpc) is 2.95. The Morgan fingerprint density at radius 3 is 2.73 bits per heavy atom. The predicted octanol–water partition coefficient (Wildman–Crippen LogP) is 3.67. The molecule has 0 aliphatic carbocycles. The first-order chi connectivity index (χ1) is 12.4. The second-order valence-electron chi connectivity index (χ2n) is 5.90. The Bertz CT molecular complexity index is 836. The van der Waals surface area contributed by atoms with Crippen LogP contribution >= 0.6 is 27.7 Å². The maximum absolute atomic E-state index is 13.0. The number of hydrogen-bond acceptors (Lipinski definition) is 6. The fourth-order valence-electron chi connectivity index (χ4n) is 3.17. The number of amidine groups is 1. The van der Waals surface area contributed by atoms with E-state index in [0.717, 1.165) is 4.47 Å². The minimum Gasteiger partial charge on any atom is -0.496 e. The van der Waals surface area contributed by atoms with E-state index in [1.807, 2.05) is 19.1 Å². The smallest absolute Gasteiger partial charge is 0.338 e. The van der Waals surface area contributed by atoms with Crippen molar-refractivity contribution in [2.45, 2.75) is 31.6 Å². The van der Waals surface area contributed by atoms with Gasteiger partial charge in [0.15, 0.2) is 5.17 Å². The number of carbonyl (C=O) groups excluding carboxylic acids is 2. The number of hydrogen-bond donors (Lipinski definition) is 0. The first-order valence-electron chi connectivity index (χ1n) is 8.13. The molecule has 2 unspecified atom stereocenters. The second-order valence-corrected chi connectivity index (χ2v) is 7.98. The highest BCUT2D eigenvalue weighted by atomic mass is 79.9. The van der Waals surface area contributed by atoms with Crippen molar-refractivity contribution in [3.63, 3.8) is 0 Å². The molecule has 2 atom stereocenters. The first kappa shape index (κ1) is 19.0. The highest BCUT2D eigenvalue weighted by molar-refractivity contribution is 9.10. The lowest BCUT2D eigenvalue weighted by molar-refractivity contribution is -0.137. The van der Waals surface area contributed by atoms with Gasteiger partial charge in [0, 0.05) is 10.0 Å². The number of allylic oxidation sites excluding steroid dienone is 1. The van der Waals surface area contributed by atoms with Crippen LogP contribution in [0.5, 0.6) is 5.75 Å². The number of rotatable bonds is 4. The molecule has 8 heteroatoms. The summed E-state index contributed by atoms with van der Waals surface area (Å²) in [7, 11) is 2.89. The summed E-state index contributed by atoms with van der Waals surface area (Å²) in [5.74, 6) is 0.0265. The molecule has 2 aliphatic rings. The van der Waals surface area contributed by atoms with Crippen molar-refractivity contribution in [3.05, 3.63) is 39.5 Å². The number of esters is 1. The van der Waals surface area contributed by atoms with Crippen LogP contribution in [-0.4, -0.2) is 41.4 Å². The monoisotopic (exact) mass is 438 g/mol. The molecule has 6 nitrogen and oxygen atoms in total. The van der Waals surface area contributed by atoms with E-state index in [0.29, 0.717) is 34.2 Å². The van der Waals surface area contributed by atoms with Crippen LogP contribution in [-0.2, 0) is 14.3 Å². The molecule has 0 saturated carbocycles. The van der Waals surface area contributed by atoms with E-state index in [4.69, 9.17) is 9.47 Å². The molecule has 1 aromatic rings. The molecule has 1 amide bonds. The number of nitrogens with zero attached hydrogens (tertiary/aromatic N) is 2. The van der Waals surface area contributed by atoms with E-state index in [1.54, 1.807) is 25.0 Å². The maximum Gasteiger partial charge on any atom is 0.338 e. The van der Waals surface area contributed by atoms with Gasteiger partial charge in [0.05, 0.1) is 30.7 Å². The summed E-state index contributed by atoms with van der Waals surface area (Å²) in [4.78, 5) is 31.7. The van der Waals surface area contributed by atoms with Crippen LogP contribution in [0.1, 0.15) is 31.9 Å². The van der Waals surface area contributed by atoms with Gasteiger partial charge in [0.25, 0.3) is 0 Å². The van der Waals surface area contributed by atoms with Crippen molar-refractivity contribution >= 4 is 44.7 Å². The number of amides is 1. The van der Waals surface area contributed by atoms with Crippen molar-refractivity contribution in [1.29, 1.82) is 0 Å². The molecule has 0 aromatic heterocycles. The number of carbonyl (C=O) groups is 2. The average molecular weight is 439 g/mol. The topological polar surface area (TPSA) is 68.2 Å². The van der Waals surface area contributed by atoms with Crippen LogP contribution in [0.3, 0.4) is 0 Å². The minimum atomic E-state index is -0.640. The molecule has 0 N–H and O–H groups in total. The van der Waals surface area contributed by atoms with Crippen molar-refractivity contribution in [2.75, 3.05) is 14.2 Å². The van der Waals surface area contributed by atoms with Crippen LogP contribution in [0.4, 0.5) is 0 Å². The van der Waals surface area contributed by atoms with Gasteiger partial charge < -0.3 is 9.47 Å². The number of halogens is 1. The van der Waals surface area contributed by atoms with Gasteiger partial charge in [0.2, 0.25) is 5.91 Å². The molecule has 1 saturated heterocycles. The molecule has 0 bridgehead atoms. The van der Waals surface area contributed by atoms with Crippen molar-refractivity contribution < 1.29 is 19.1 Å². The van der Waals surface area contributed by atoms with Crippen molar-refractivity contribution in [3.8, 4) is 5.75 Å². The fourth-order valence-corrected chi connectivity index (χ4v) is 4.69. The molecule has 1 fully saturated rings. The fraction of sp³-hybridized carbons (Fsp3) is 0.389. The SMILES string of the molecule is CCC1SC2=NC(C)=C(C(=O)OC)C(c3cc(Br)ccc3OC)N2C1=O. The summed E-state index contributed by atoms with van der Waals surface area (Å²) in [5.41, 5.74) is 1.60. The molecule has 0 radical (unpaired) electrons. The Kier molecular flexibility index (Phi) is 5.43. The van der Waals surface area contributed by atoms with E-state index in [1.165, 1.54) is 18.9 Å². The van der Waals surface area contributed by atoms with Crippen LogP contribution in [0.2, 0.25) is 0 Å².